The number of rotatable bonds is 3. The molecular weight excluding hydrogens is 338 g/mol. The number of hydrogen-bond acceptors (Lipinski definition) is 5. The number of piperidine rings is 1. The molecule has 4 rings (SSSR count). The summed E-state index contributed by atoms with van der Waals surface area (Å²) in [5.74, 6) is 0. The molecule has 126 valence electrons. The summed E-state index contributed by atoms with van der Waals surface area (Å²) in [6.07, 6.45) is 4.74. The Labute approximate surface area is 149 Å². The fourth-order valence-corrected chi connectivity index (χ4v) is 5.47. The lowest BCUT2D eigenvalue weighted by atomic mass is 10.0. The molecule has 3 aromatic rings. The summed E-state index contributed by atoms with van der Waals surface area (Å²) in [4.78, 5) is 23.6. The SMILES string of the molecule is CCc1sc2ncn(C3CCN(C)CC3)c(=O)c2c1-c1cccs1. The van der Waals surface area contributed by atoms with Crippen LogP contribution in [0, 0.1) is 0 Å². The molecule has 1 fully saturated rings. The molecule has 0 spiro atoms. The quantitative estimate of drug-likeness (QED) is 0.709. The molecule has 0 N–H and O–H groups in total. The van der Waals surface area contributed by atoms with E-state index >= 15 is 0 Å². The van der Waals surface area contributed by atoms with Crippen LogP contribution in [0.2, 0.25) is 0 Å². The molecular formula is C18H21N3OS2. The van der Waals surface area contributed by atoms with Gasteiger partial charge in [-0.05, 0) is 50.8 Å². The Morgan fingerprint density at radius 1 is 1.33 bits per heavy atom. The predicted octanol–water partition coefficient (Wildman–Crippen LogP) is 4.02. The van der Waals surface area contributed by atoms with E-state index < -0.39 is 0 Å². The van der Waals surface area contributed by atoms with Crippen LogP contribution in [-0.4, -0.2) is 34.6 Å². The molecule has 0 atom stereocenters. The number of aryl methyl sites for hydroxylation is 1. The molecule has 3 aromatic heterocycles. The van der Waals surface area contributed by atoms with E-state index in [9.17, 15) is 4.79 Å². The fraction of sp³-hybridized carbons (Fsp3) is 0.444. The highest BCUT2D eigenvalue weighted by Gasteiger charge is 2.23. The molecule has 0 radical (unpaired) electrons. The minimum absolute atomic E-state index is 0.133. The Morgan fingerprint density at radius 3 is 2.79 bits per heavy atom. The number of hydrogen-bond donors (Lipinski definition) is 0. The second-order valence-corrected chi connectivity index (χ2v) is 8.43. The lowest BCUT2D eigenvalue weighted by Gasteiger charge is -2.29. The van der Waals surface area contributed by atoms with Crippen molar-refractivity contribution < 1.29 is 0 Å². The molecule has 1 saturated heterocycles. The van der Waals surface area contributed by atoms with Gasteiger partial charge in [0.2, 0.25) is 0 Å². The highest BCUT2D eigenvalue weighted by Crippen LogP contribution is 2.38. The Balaban J connectivity index is 1.89. The van der Waals surface area contributed by atoms with E-state index in [4.69, 9.17) is 0 Å². The molecule has 0 unspecified atom stereocenters. The topological polar surface area (TPSA) is 38.1 Å². The van der Waals surface area contributed by atoms with E-state index in [1.807, 2.05) is 4.57 Å². The summed E-state index contributed by atoms with van der Waals surface area (Å²) in [6, 6.07) is 4.43. The van der Waals surface area contributed by atoms with E-state index in [1.54, 1.807) is 29.0 Å². The molecule has 0 aliphatic carbocycles. The minimum Gasteiger partial charge on any atom is -0.306 e. The summed E-state index contributed by atoms with van der Waals surface area (Å²) < 4.78 is 1.89. The molecule has 0 saturated carbocycles. The molecule has 0 aromatic carbocycles. The Morgan fingerprint density at radius 2 is 2.12 bits per heavy atom. The summed E-state index contributed by atoms with van der Waals surface area (Å²) in [5, 5.41) is 2.89. The van der Waals surface area contributed by atoms with Crippen LogP contribution in [0.1, 0.15) is 30.7 Å². The monoisotopic (exact) mass is 359 g/mol. The van der Waals surface area contributed by atoms with Crippen molar-refractivity contribution in [2.24, 2.45) is 0 Å². The van der Waals surface area contributed by atoms with Crippen molar-refractivity contribution in [1.82, 2.24) is 14.5 Å². The Hall–Kier alpha value is -1.50. The van der Waals surface area contributed by atoms with Crippen LogP contribution in [0.15, 0.2) is 28.6 Å². The summed E-state index contributed by atoms with van der Waals surface area (Å²) in [7, 11) is 2.14. The molecule has 1 aliphatic heterocycles. The van der Waals surface area contributed by atoms with Gasteiger partial charge in [-0.25, -0.2) is 4.98 Å². The van der Waals surface area contributed by atoms with Crippen LogP contribution in [0.5, 0.6) is 0 Å². The first-order chi connectivity index (χ1) is 11.7. The zero-order valence-corrected chi connectivity index (χ0v) is 15.6. The van der Waals surface area contributed by atoms with Crippen LogP contribution in [0.25, 0.3) is 20.7 Å². The van der Waals surface area contributed by atoms with Gasteiger partial charge in [-0.15, -0.1) is 22.7 Å². The zero-order valence-electron chi connectivity index (χ0n) is 14.0. The van der Waals surface area contributed by atoms with Gasteiger partial charge in [-0.1, -0.05) is 13.0 Å². The smallest absolute Gasteiger partial charge is 0.262 e. The zero-order chi connectivity index (χ0) is 16.7. The third kappa shape index (κ3) is 2.62. The van der Waals surface area contributed by atoms with Crippen LogP contribution >= 0.6 is 22.7 Å². The van der Waals surface area contributed by atoms with E-state index in [1.165, 1.54) is 9.75 Å². The van der Waals surface area contributed by atoms with E-state index in [0.717, 1.165) is 48.1 Å². The second kappa shape index (κ2) is 6.43. The molecule has 24 heavy (non-hydrogen) atoms. The average Bonchev–Trinajstić information content (AvgIpc) is 3.23. The third-order valence-electron chi connectivity index (χ3n) is 4.88. The maximum atomic E-state index is 13.3. The van der Waals surface area contributed by atoms with Gasteiger partial charge in [0.05, 0.1) is 11.7 Å². The summed E-state index contributed by atoms with van der Waals surface area (Å²) in [6.45, 7) is 4.23. The summed E-state index contributed by atoms with van der Waals surface area (Å²) in [5.41, 5.74) is 1.25. The molecule has 4 nitrogen and oxygen atoms in total. The first-order valence-electron chi connectivity index (χ1n) is 8.44. The maximum Gasteiger partial charge on any atom is 0.262 e. The molecule has 4 heterocycles. The highest BCUT2D eigenvalue weighted by molar-refractivity contribution is 7.20. The Bertz CT molecular complexity index is 902. The van der Waals surface area contributed by atoms with Gasteiger partial charge in [-0.3, -0.25) is 9.36 Å². The highest BCUT2D eigenvalue weighted by atomic mass is 32.1. The van der Waals surface area contributed by atoms with Crippen molar-refractivity contribution in [2.75, 3.05) is 20.1 Å². The lowest BCUT2D eigenvalue weighted by Crippen LogP contribution is -2.35. The van der Waals surface area contributed by atoms with Crippen molar-refractivity contribution >= 4 is 32.9 Å². The van der Waals surface area contributed by atoms with Crippen molar-refractivity contribution in [3.63, 3.8) is 0 Å². The van der Waals surface area contributed by atoms with E-state index in [0.29, 0.717) is 0 Å². The number of nitrogens with zero attached hydrogens (tertiary/aromatic N) is 3. The lowest BCUT2D eigenvalue weighted by molar-refractivity contribution is 0.218. The molecule has 0 amide bonds. The van der Waals surface area contributed by atoms with E-state index in [2.05, 4.69) is 41.4 Å². The van der Waals surface area contributed by atoms with Crippen molar-refractivity contribution in [2.45, 2.75) is 32.2 Å². The molecule has 6 heteroatoms. The minimum atomic E-state index is 0.133. The number of likely N-dealkylation sites (tertiary alicyclic amines) is 1. The van der Waals surface area contributed by atoms with Gasteiger partial charge >= 0.3 is 0 Å². The average molecular weight is 360 g/mol. The van der Waals surface area contributed by atoms with Crippen LogP contribution in [-0.2, 0) is 6.42 Å². The maximum absolute atomic E-state index is 13.3. The Kier molecular flexibility index (Phi) is 4.28. The predicted molar refractivity (Wildman–Crippen MR) is 102 cm³/mol. The van der Waals surface area contributed by atoms with Crippen LogP contribution in [0.3, 0.4) is 0 Å². The van der Waals surface area contributed by atoms with Crippen LogP contribution < -0.4 is 5.56 Å². The van der Waals surface area contributed by atoms with Gasteiger partial charge < -0.3 is 4.90 Å². The largest absolute Gasteiger partial charge is 0.306 e. The van der Waals surface area contributed by atoms with Crippen LogP contribution in [0.4, 0.5) is 0 Å². The van der Waals surface area contributed by atoms with Crippen molar-refractivity contribution in [3.05, 3.63) is 39.1 Å². The van der Waals surface area contributed by atoms with E-state index in [-0.39, 0.29) is 11.6 Å². The van der Waals surface area contributed by atoms with Gasteiger partial charge in [0.25, 0.3) is 5.56 Å². The molecule has 1 aliphatic rings. The first-order valence-corrected chi connectivity index (χ1v) is 10.1. The number of fused-ring (bicyclic) bond motifs is 1. The third-order valence-corrected chi connectivity index (χ3v) is 7.01. The first kappa shape index (κ1) is 16.0. The van der Waals surface area contributed by atoms with Gasteiger partial charge in [0.1, 0.15) is 4.83 Å². The van der Waals surface area contributed by atoms with Gasteiger partial charge in [0, 0.05) is 21.4 Å². The normalized spacial score (nSPS) is 16.9. The number of aromatic nitrogens is 2. The standard InChI is InChI=1S/C18H21N3OS2/c1-3-13-15(14-5-4-10-23-14)16-17(24-13)19-11-21(18(16)22)12-6-8-20(2)9-7-12/h4-5,10-12H,3,6-9H2,1-2H3. The molecule has 0 bridgehead atoms. The summed E-state index contributed by atoms with van der Waals surface area (Å²) >= 11 is 3.37. The fourth-order valence-electron chi connectivity index (χ4n) is 3.51. The number of thiophene rings is 2. The van der Waals surface area contributed by atoms with Gasteiger partial charge in [-0.2, -0.15) is 0 Å². The van der Waals surface area contributed by atoms with Gasteiger partial charge in [0.15, 0.2) is 0 Å². The van der Waals surface area contributed by atoms with Crippen molar-refractivity contribution in [1.29, 1.82) is 0 Å². The second-order valence-electron chi connectivity index (χ2n) is 6.40. The van der Waals surface area contributed by atoms with Crippen molar-refractivity contribution in [3.8, 4) is 10.4 Å².